The standard InChI is InChI=1S/C18H25N3O3/c1-18(2,3)21(17(23)24)13-10-8-12(9-11-13)20-15-7-5-4-6-14(15)19-16(20)22/h4-7,12-13H,8-11H2,1-3H3,(H,19,22)(H,23,24)/t12-,13-. The minimum absolute atomic E-state index is 0.0136. The molecule has 1 aliphatic carbocycles. The molecule has 1 amide bonds. The van der Waals surface area contributed by atoms with Crippen molar-refractivity contribution in [2.24, 2.45) is 0 Å². The van der Waals surface area contributed by atoms with Crippen LogP contribution in [0.15, 0.2) is 29.1 Å². The highest BCUT2D eigenvalue weighted by Crippen LogP contribution is 2.34. The molecule has 1 aromatic heterocycles. The molecule has 1 heterocycles. The van der Waals surface area contributed by atoms with E-state index in [0.717, 1.165) is 36.7 Å². The minimum atomic E-state index is -0.866. The van der Waals surface area contributed by atoms with Crippen LogP contribution in [-0.4, -0.2) is 37.2 Å². The Morgan fingerprint density at radius 2 is 1.83 bits per heavy atom. The van der Waals surface area contributed by atoms with Crippen LogP contribution in [0.4, 0.5) is 4.79 Å². The Hall–Kier alpha value is -2.24. The highest BCUT2D eigenvalue weighted by atomic mass is 16.4. The summed E-state index contributed by atoms with van der Waals surface area (Å²) in [5.74, 6) is 0. The summed E-state index contributed by atoms with van der Waals surface area (Å²) in [6.45, 7) is 5.78. The first-order chi connectivity index (χ1) is 11.3. The van der Waals surface area contributed by atoms with Gasteiger partial charge in [0.15, 0.2) is 0 Å². The summed E-state index contributed by atoms with van der Waals surface area (Å²) >= 11 is 0. The zero-order chi connectivity index (χ0) is 17.5. The maximum atomic E-state index is 12.3. The average Bonchev–Trinajstić information content (AvgIpc) is 2.82. The second-order valence-corrected chi connectivity index (χ2v) is 7.60. The van der Waals surface area contributed by atoms with Gasteiger partial charge in [-0.25, -0.2) is 9.59 Å². The second kappa shape index (κ2) is 6.00. The molecule has 0 aliphatic heterocycles. The number of carboxylic acid groups (broad SMARTS) is 1. The summed E-state index contributed by atoms with van der Waals surface area (Å²) in [7, 11) is 0. The van der Waals surface area contributed by atoms with Crippen LogP contribution in [0.3, 0.4) is 0 Å². The van der Waals surface area contributed by atoms with E-state index in [-0.39, 0.29) is 17.8 Å². The first-order valence-corrected chi connectivity index (χ1v) is 8.50. The van der Waals surface area contributed by atoms with E-state index in [1.54, 1.807) is 4.90 Å². The Morgan fingerprint density at radius 1 is 1.21 bits per heavy atom. The maximum absolute atomic E-state index is 12.3. The van der Waals surface area contributed by atoms with Crippen LogP contribution in [0.25, 0.3) is 11.0 Å². The van der Waals surface area contributed by atoms with Gasteiger partial charge >= 0.3 is 11.8 Å². The van der Waals surface area contributed by atoms with Crippen LogP contribution in [0.2, 0.25) is 0 Å². The van der Waals surface area contributed by atoms with Crippen LogP contribution >= 0.6 is 0 Å². The van der Waals surface area contributed by atoms with Crippen molar-refractivity contribution in [2.45, 2.75) is 64.1 Å². The fourth-order valence-electron chi connectivity index (χ4n) is 4.00. The number of carbonyl (C=O) groups is 1. The fraction of sp³-hybridized carbons (Fsp3) is 0.556. The highest BCUT2D eigenvalue weighted by Gasteiger charge is 2.36. The Bertz CT molecular complexity index is 792. The molecule has 0 saturated heterocycles. The lowest BCUT2D eigenvalue weighted by Gasteiger charge is -2.42. The van der Waals surface area contributed by atoms with Gasteiger partial charge in [0.2, 0.25) is 0 Å². The van der Waals surface area contributed by atoms with E-state index in [4.69, 9.17) is 0 Å². The number of rotatable bonds is 2. The Morgan fingerprint density at radius 3 is 2.42 bits per heavy atom. The number of aromatic amines is 1. The molecule has 0 unspecified atom stereocenters. The number of imidazole rings is 1. The number of H-pyrrole nitrogens is 1. The zero-order valence-electron chi connectivity index (χ0n) is 14.5. The predicted molar refractivity (Wildman–Crippen MR) is 93.5 cm³/mol. The van der Waals surface area contributed by atoms with Gasteiger partial charge in [-0.2, -0.15) is 0 Å². The molecule has 0 radical (unpaired) electrons. The largest absolute Gasteiger partial charge is 0.465 e. The topological polar surface area (TPSA) is 78.3 Å². The Labute approximate surface area is 141 Å². The highest BCUT2D eigenvalue weighted by molar-refractivity contribution is 5.75. The lowest BCUT2D eigenvalue weighted by molar-refractivity contribution is 0.0512. The van der Waals surface area contributed by atoms with Crippen LogP contribution in [0, 0.1) is 0 Å². The van der Waals surface area contributed by atoms with Crippen molar-refractivity contribution in [1.29, 1.82) is 0 Å². The predicted octanol–water partition coefficient (Wildman–Crippen LogP) is 3.59. The first-order valence-electron chi connectivity index (χ1n) is 8.50. The van der Waals surface area contributed by atoms with Gasteiger partial charge in [0.05, 0.1) is 11.0 Å². The fourth-order valence-corrected chi connectivity index (χ4v) is 4.00. The van der Waals surface area contributed by atoms with E-state index >= 15 is 0 Å². The van der Waals surface area contributed by atoms with Crippen molar-refractivity contribution in [3.8, 4) is 0 Å². The number of benzene rings is 1. The zero-order valence-corrected chi connectivity index (χ0v) is 14.5. The van der Waals surface area contributed by atoms with Crippen molar-refractivity contribution in [3.63, 3.8) is 0 Å². The molecular weight excluding hydrogens is 306 g/mol. The molecule has 24 heavy (non-hydrogen) atoms. The minimum Gasteiger partial charge on any atom is -0.465 e. The third-order valence-corrected chi connectivity index (χ3v) is 4.95. The molecule has 2 aromatic rings. The van der Waals surface area contributed by atoms with Crippen molar-refractivity contribution in [1.82, 2.24) is 14.5 Å². The van der Waals surface area contributed by atoms with Crippen molar-refractivity contribution >= 4 is 17.1 Å². The SMILES string of the molecule is CC(C)(C)N(C(=O)O)[C@H]1CC[C@H](n2c(=O)[nH]c3ccccc32)CC1. The molecule has 6 nitrogen and oxygen atoms in total. The number of amides is 1. The third-order valence-electron chi connectivity index (χ3n) is 4.95. The lowest BCUT2D eigenvalue weighted by Crippen LogP contribution is -2.52. The third kappa shape index (κ3) is 2.92. The van der Waals surface area contributed by atoms with E-state index in [0.29, 0.717) is 0 Å². The molecule has 1 aromatic carbocycles. The number of fused-ring (bicyclic) bond motifs is 1. The molecule has 1 fully saturated rings. The molecule has 1 aliphatic rings. The summed E-state index contributed by atoms with van der Waals surface area (Å²) in [4.78, 5) is 28.4. The van der Waals surface area contributed by atoms with Gasteiger partial charge in [-0.1, -0.05) is 12.1 Å². The van der Waals surface area contributed by atoms with Crippen LogP contribution < -0.4 is 5.69 Å². The molecule has 0 spiro atoms. The van der Waals surface area contributed by atoms with Gasteiger partial charge in [0, 0.05) is 17.6 Å². The number of hydrogen-bond acceptors (Lipinski definition) is 2. The monoisotopic (exact) mass is 331 g/mol. The molecule has 2 N–H and O–H groups in total. The number of nitrogens with one attached hydrogen (secondary N) is 1. The normalized spacial score (nSPS) is 21.8. The van der Waals surface area contributed by atoms with Gasteiger partial charge in [0.25, 0.3) is 0 Å². The summed E-state index contributed by atoms with van der Waals surface area (Å²) in [5.41, 5.74) is 1.29. The van der Waals surface area contributed by atoms with E-state index in [1.807, 2.05) is 49.6 Å². The summed E-state index contributed by atoms with van der Waals surface area (Å²) in [6, 6.07) is 7.85. The number of hydrogen-bond donors (Lipinski definition) is 2. The Kier molecular flexibility index (Phi) is 4.15. The molecule has 0 bridgehead atoms. The van der Waals surface area contributed by atoms with E-state index in [1.165, 1.54) is 0 Å². The average molecular weight is 331 g/mol. The van der Waals surface area contributed by atoms with Crippen molar-refractivity contribution < 1.29 is 9.90 Å². The molecular formula is C18H25N3O3. The van der Waals surface area contributed by atoms with E-state index < -0.39 is 11.6 Å². The lowest BCUT2D eigenvalue weighted by atomic mass is 9.88. The van der Waals surface area contributed by atoms with Crippen LogP contribution in [0.5, 0.6) is 0 Å². The number of nitrogens with zero attached hydrogens (tertiary/aromatic N) is 2. The molecule has 0 atom stereocenters. The van der Waals surface area contributed by atoms with Crippen LogP contribution in [0.1, 0.15) is 52.5 Å². The summed E-state index contributed by atoms with van der Waals surface area (Å²) in [5, 5.41) is 9.56. The molecule has 3 rings (SSSR count). The number of para-hydroxylation sites is 2. The summed E-state index contributed by atoms with van der Waals surface area (Å²) in [6.07, 6.45) is 2.31. The van der Waals surface area contributed by atoms with Crippen molar-refractivity contribution in [2.75, 3.05) is 0 Å². The first kappa shape index (κ1) is 16.6. The van der Waals surface area contributed by atoms with Gasteiger partial charge in [-0.15, -0.1) is 0 Å². The molecule has 1 saturated carbocycles. The van der Waals surface area contributed by atoms with E-state index in [9.17, 15) is 14.7 Å². The van der Waals surface area contributed by atoms with Gasteiger partial charge < -0.3 is 15.0 Å². The van der Waals surface area contributed by atoms with E-state index in [2.05, 4.69) is 4.98 Å². The van der Waals surface area contributed by atoms with Crippen molar-refractivity contribution in [3.05, 3.63) is 34.7 Å². The van der Waals surface area contributed by atoms with Gasteiger partial charge in [0.1, 0.15) is 0 Å². The molecule has 6 heteroatoms. The Balaban J connectivity index is 1.81. The molecule has 130 valence electrons. The maximum Gasteiger partial charge on any atom is 0.407 e. The smallest absolute Gasteiger partial charge is 0.407 e. The quantitative estimate of drug-likeness (QED) is 0.882. The number of aromatic nitrogens is 2. The van der Waals surface area contributed by atoms with Gasteiger partial charge in [-0.3, -0.25) is 4.57 Å². The van der Waals surface area contributed by atoms with Crippen LogP contribution in [-0.2, 0) is 0 Å². The summed E-state index contributed by atoms with van der Waals surface area (Å²) < 4.78 is 1.84. The second-order valence-electron chi connectivity index (χ2n) is 7.60. The van der Waals surface area contributed by atoms with Gasteiger partial charge in [-0.05, 0) is 58.6 Å².